The Balaban J connectivity index is 1.78. The molecule has 0 fully saturated rings. The van der Waals surface area contributed by atoms with Crippen molar-refractivity contribution in [3.63, 3.8) is 0 Å². The molecular weight excluding hydrogens is 434 g/mol. The molecule has 1 heterocycles. The number of sulfonamides is 1. The Morgan fingerprint density at radius 1 is 1.10 bits per heavy atom. The van der Waals surface area contributed by atoms with Gasteiger partial charge >= 0.3 is 0 Å². The van der Waals surface area contributed by atoms with Crippen LogP contribution in [0.25, 0.3) is 0 Å². The molecule has 0 saturated carbocycles. The van der Waals surface area contributed by atoms with Crippen molar-refractivity contribution in [3.05, 3.63) is 69.7 Å². The van der Waals surface area contributed by atoms with Crippen molar-refractivity contribution in [2.24, 2.45) is 0 Å². The van der Waals surface area contributed by atoms with Crippen molar-refractivity contribution in [1.82, 2.24) is 4.98 Å². The predicted octanol–water partition coefficient (Wildman–Crippen LogP) is 4.36. The number of nitrogens with zero attached hydrogens (tertiary/aromatic N) is 1. The second-order valence-corrected chi connectivity index (χ2v) is 9.20. The molecule has 3 aromatic rings. The maximum Gasteiger partial charge on any atom is 0.261 e. The van der Waals surface area contributed by atoms with Crippen LogP contribution in [0.1, 0.15) is 32.6 Å². The molecule has 29 heavy (non-hydrogen) atoms. The first kappa shape index (κ1) is 21.0. The monoisotopic (exact) mass is 449 g/mol. The zero-order valence-electron chi connectivity index (χ0n) is 15.4. The number of carbonyl (C=O) groups is 2. The number of hydrogen-bond donors (Lipinski definition) is 2. The molecule has 3 rings (SSSR count). The van der Waals surface area contributed by atoms with Gasteiger partial charge in [0.25, 0.3) is 15.9 Å². The van der Waals surface area contributed by atoms with E-state index in [1.165, 1.54) is 43.3 Å². The van der Waals surface area contributed by atoms with Crippen molar-refractivity contribution in [2.45, 2.75) is 18.7 Å². The molecule has 1 amide bonds. The number of Topliss-reactive ketones (excluding diaryl/α,β-unsaturated/α-hetero) is 1. The number of anilines is 2. The molecule has 10 heteroatoms. The molecule has 0 aliphatic carbocycles. The fourth-order valence-corrected chi connectivity index (χ4v) is 4.53. The maximum atomic E-state index is 12.5. The first-order valence-corrected chi connectivity index (χ1v) is 11.0. The van der Waals surface area contributed by atoms with Gasteiger partial charge < -0.3 is 0 Å². The molecule has 150 valence electrons. The average molecular weight is 450 g/mol. The van der Waals surface area contributed by atoms with Gasteiger partial charge in [-0.15, -0.1) is 0 Å². The van der Waals surface area contributed by atoms with E-state index in [2.05, 4.69) is 15.0 Å². The fraction of sp³-hybridized carbons (Fsp3) is 0.105. The van der Waals surface area contributed by atoms with Crippen molar-refractivity contribution >= 4 is 55.5 Å². The minimum absolute atomic E-state index is 0.0479. The highest BCUT2D eigenvalue weighted by molar-refractivity contribution is 7.92. The van der Waals surface area contributed by atoms with Crippen LogP contribution in [0.4, 0.5) is 10.8 Å². The lowest BCUT2D eigenvalue weighted by atomic mass is 10.2. The zero-order valence-corrected chi connectivity index (χ0v) is 17.8. The molecule has 0 spiro atoms. The third-order valence-corrected chi connectivity index (χ3v) is 6.66. The van der Waals surface area contributed by atoms with Crippen LogP contribution >= 0.6 is 22.9 Å². The molecule has 1 aromatic heterocycles. The lowest BCUT2D eigenvalue weighted by Crippen LogP contribution is -2.15. The number of amides is 1. The Morgan fingerprint density at radius 3 is 2.41 bits per heavy atom. The van der Waals surface area contributed by atoms with Gasteiger partial charge in [0.1, 0.15) is 0 Å². The summed E-state index contributed by atoms with van der Waals surface area (Å²) in [5.74, 6) is -0.597. The number of ketones is 1. The van der Waals surface area contributed by atoms with Gasteiger partial charge in [-0.05, 0) is 49.4 Å². The van der Waals surface area contributed by atoms with Gasteiger partial charge in [-0.3, -0.25) is 19.6 Å². The number of halogens is 1. The molecule has 0 aliphatic heterocycles. The fourth-order valence-electron chi connectivity index (χ4n) is 2.50. The molecular formula is C19H16ClN3O4S2. The molecule has 0 aliphatic rings. The minimum Gasteiger partial charge on any atom is -0.298 e. The molecule has 2 N–H and O–H groups in total. The molecule has 2 aromatic carbocycles. The molecule has 0 unspecified atom stereocenters. The summed E-state index contributed by atoms with van der Waals surface area (Å²) in [6, 6.07) is 11.8. The first-order chi connectivity index (χ1) is 13.7. The number of nitrogens with one attached hydrogen (secondary N) is 2. The van der Waals surface area contributed by atoms with E-state index in [1.807, 2.05) is 0 Å². The van der Waals surface area contributed by atoms with E-state index in [-0.39, 0.29) is 21.9 Å². The summed E-state index contributed by atoms with van der Waals surface area (Å²) in [5.41, 5.74) is 1.01. The summed E-state index contributed by atoms with van der Waals surface area (Å²) >= 11 is 6.88. The quantitative estimate of drug-likeness (QED) is 0.544. The van der Waals surface area contributed by atoms with Crippen LogP contribution in [0.2, 0.25) is 5.02 Å². The highest BCUT2D eigenvalue weighted by atomic mass is 35.5. The number of aryl methyl sites for hydroxylation is 1. The number of aromatic nitrogens is 1. The summed E-state index contributed by atoms with van der Waals surface area (Å²) < 4.78 is 27.4. The van der Waals surface area contributed by atoms with Crippen LogP contribution in [-0.2, 0) is 10.0 Å². The van der Waals surface area contributed by atoms with Crippen LogP contribution in [0.5, 0.6) is 0 Å². The van der Waals surface area contributed by atoms with Gasteiger partial charge in [-0.1, -0.05) is 29.0 Å². The van der Waals surface area contributed by atoms with Gasteiger partial charge in [0, 0.05) is 23.2 Å². The van der Waals surface area contributed by atoms with E-state index in [4.69, 9.17) is 11.6 Å². The highest BCUT2D eigenvalue weighted by Gasteiger charge is 2.17. The topological polar surface area (TPSA) is 105 Å². The zero-order chi connectivity index (χ0) is 21.2. The standard InChI is InChI=1S/C19H16ClN3O4S2/c1-11-17(12(2)24)28-19(21-11)22-18(25)13-4-3-5-15(10-13)23-29(26,27)16-8-6-14(20)7-9-16/h3-10,23H,1-2H3,(H,21,22,25). The van der Waals surface area contributed by atoms with Crippen LogP contribution in [0, 0.1) is 6.92 Å². The number of rotatable bonds is 6. The van der Waals surface area contributed by atoms with Gasteiger partial charge in [0.15, 0.2) is 10.9 Å². The Bertz CT molecular complexity index is 1190. The second-order valence-electron chi connectivity index (χ2n) is 6.08. The summed E-state index contributed by atoms with van der Waals surface area (Å²) in [7, 11) is -3.83. The molecule has 0 radical (unpaired) electrons. The Hall–Kier alpha value is -2.75. The average Bonchev–Trinajstić information content (AvgIpc) is 3.02. The Kier molecular flexibility index (Phi) is 6.02. The van der Waals surface area contributed by atoms with Gasteiger partial charge in [0.2, 0.25) is 0 Å². The van der Waals surface area contributed by atoms with Crippen LogP contribution in [-0.4, -0.2) is 25.1 Å². The highest BCUT2D eigenvalue weighted by Crippen LogP contribution is 2.24. The van der Waals surface area contributed by atoms with E-state index in [1.54, 1.807) is 19.1 Å². The van der Waals surface area contributed by atoms with E-state index < -0.39 is 15.9 Å². The Labute approximate surface area is 176 Å². The van der Waals surface area contributed by atoms with E-state index in [9.17, 15) is 18.0 Å². The minimum atomic E-state index is -3.83. The maximum absolute atomic E-state index is 12.5. The molecule has 0 atom stereocenters. The Morgan fingerprint density at radius 2 is 1.79 bits per heavy atom. The lowest BCUT2D eigenvalue weighted by Gasteiger charge is -2.09. The second kappa shape index (κ2) is 8.32. The number of thiazole rings is 1. The van der Waals surface area contributed by atoms with Crippen LogP contribution < -0.4 is 10.0 Å². The number of hydrogen-bond acceptors (Lipinski definition) is 6. The third kappa shape index (κ3) is 5.00. The lowest BCUT2D eigenvalue weighted by molar-refractivity contribution is 0.101. The molecule has 0 saturated heterocycles. The molecule has 0 bridgehead atoms. The first-order valence-electron chi connectivity index (χ1n) is 8.34. The van der Waals surface area contributed by atoms with Crippen molar-refractivity contribution in [3.8, 4) is 0 Å². The van der Waals surface area contributed by atoms with Gasteiger partial charge in [-0.25, -0.2) is 13.4 Å². The summed E-state index contributed by atoms with van der Waals surface area (Å²) in [6.45, 7) is 3.12. The smallest absolute Gasteiger partial charge is 0.261 e. The van der Waals surface area contributed by atoms with Crippen molar-refractivity contribution < 1.29 is 18.0 Å². The predicted molar refractivity (Wildman–Crippen MR) is 114 cm³/mol. The van der Waals surface area contributed by atoms with E-state index in [0.717, 1.165) is 11.3 Å². The normalized spacial score (nSPS) is 11.1. The van der Waals surface area contributed by atoms with Gasteiger partial charge in [0.05, 0.1) is 15.5 Å². The van der Waals surface area contributed by atoms with Crippen LogP contribution in [0.3, 0.4) is 0 Å². The van der Waals surface area contributed by atoms with E-state index >= 15 is 0 Å². The third-order valence-electron chi connectivity index (χ3n) is 3.84. The van der Waals surface area contributed by atoms with Crippen molar-refractivity contribution in [2.75, 3.05) is 10.0 Å². The van der Waals surface area contributed by atoms with Crippen molar-refractivity contribution in [1.29, 1.82) is 0 Å². The van der Waals surface area contributed by atoms with Crippen LogP contribution in [0.15, 0.2) is 53.4 Å². The van der Waals surface area contributed by atoms with Gasteiger partial charge in [-0.2, -0.15) is 0 Å². The SMILES string of the molecule is CC(=O)c1sc(NC(=O)c2cccc(NS(=O)(=O)c3ccc(Cl)cc3)c2)nc1C. The number of benzene rings is 2. The summed E-state index contributed by atoms with van der Waals surface area (Å²) in [6.07, 6.45) is 0. The summed E-state index contributed by atoms with van der Waals surface area (Å²) in [4.78, 5) is 28.7. The van der Waals surface area contributed by atoms with E-state index in [0.29, 0.717) is 20.7 Å². The largest absolute Gasteiger partial charge is 0.298 e. The molecule has 7 nitrogen and oxygen atoms in total. The number of carbonyl (C=O) groups excluding carboxylic acids is 2. The summed E-state index contributed by atoms with van der Waals surface area (Å²) in [5, 5.41) is 3.35.